The summed E-state index contributed by atoms with van der Waals surface area (Å²) in [5.41, 5.74) is -1.07. The number of aliphatic hydroxyl groups is 2. The van der Waals surface area contributed by atoms with E-state index in [4.69, 9.17) is 9.76 Å². The molecular formula is C12H20BNO4. The minimum atomic E-state index is -1.18. The van der Waals surface area contributed by atoms with Crippen LogP contribution in [0.15, 0.2) is 18.3 Å². The first-order valence-corrected chi connectivity index (χ1v) is 5.81. The van der Waals surface area contributed by atoms with Crippen molar-refractivity contribution in [1.82, 2.24) is 4.98 Å². The van der Waals surface area contributed by atoms with Gasteiger partial charge in [-0.25, -0.2) is 0 Å². The number of nitrogens with zero attached hydrogens (tertiary/aromatic N) is 1. The second kappa shape index (κ2) is 5.36. The largest absolute Gasteiger partial charge is 0.491 e. The Morgan fingerprint density at radius 3 is 2.44 bits per heavy atom. The Morgan fingerprint density at radius 1 is 1.33 bits per heavy atom. The van der Waals surface area contributed by atoms with E-state index in [1.165, 1.54) is 6.20 Å². The first kappa shape index (κ1) is 15.1. The molecule has 0 spiro atoms. The zero-order valence-corrected chi connectivity index (χ0v) is 11.2. The molecule has 0 atom stereocenters. The van der Waals surface area contributed by atoms with Crippen LogP contribution in [0.1, 0.15) is 33.4 Å². The molecular weight excluding hydrogens is 233 g/mol. The van der Waals surface area contributed by atoms with Crippen LogP contribution in [0.4, 0.5) is 0 Å². The van der Waals surface area contributed by atoms with E-state index >= 15 is 0 Å². The molecule has 0 aromatic carbocycles. The molecule has 1 aromatic rings. The van der Waals surface area contributed by atoms with Crippen LogP contribution in [0.5, 0.6) is 0 Å². The molecule has 1 rings (SSSR count). The van der Waals surface area contributed by atoms with E-state index < -0.39 is 18.3 Å². The van der Waals surface area contributed by atoms with Crippen LogP contribution in [0.2, 0.25) is 0 Å². The maximum atomic E-state index is 10.00. The molecule has 0 saturated carbocycles. The first-order chi connectivity index (χ1) is 8.17. The Hall–Kier alpha value is -0.945. The fraction of sp³-hybridized carbons (Fsp3) is 0.583. The van der Waals surface area contributed by atoms with Gasteiger partial charge in [0.15, 0.2) is 0 Å². The van der Waals surface area contributed by atoms with Crippen LogP contribution in [-0.4, -0.2) is 38.5 Å². The second-order valence-electron chi connectivity index (χ2n) is 5.28. The van der Waals surface area contributed by atoms with Gasteiger partial charge in [0.2, 0.25) is 0 Å². The number of pyridine rings is 1. The molecule has 0 aliphatic carbocycles. The quantitative estimate of drug-likeness (QED) is 0.634. The van der Waals surface area contributed by atoms with Gasteiger partial charge in [0.25, 0.3) is 0 Å². The van der Waals surface area contributed by atoms with Crippen molar-refractivity contribution in [3.05, 3.63) is 24.0 Å². The van der Waals surface area contributed by atoms with Crippen molar-refractivity contribution in [2.75, 3.05) is 0 Å². The fourth-order valence-electron chi connectivity index (χ4n) is 1.23. The van der Waals surface area contributed by atoms with Crippen LogP contribution in [0.3, 0.4) is 0 Å². The summed E-state index contributed by atoms with van der Waals surface area (Å²) in [7, 11) is -1.18. The summed E-state index contributed by atoms with van der Waals surface area (Å²) < 4.78 is 5.48. The van der Waals surface area contributed by atoms with E-state index in [1.54, 1.807) is 39.8 Å². The van der Waals surface area contributed by atoms with Gasteiger partial charge in [0.05, 0.1) is 23.5 Å². The summed E-state index contributed by atoms with van der Waals surface area (Å²) in [5.74, 6) is 0. The van der Waals surface area contributed by atoms with E-state index in [2.05, 4.69) is 4.98 Å². The lowest BCUT2D eigenvalue weighted by Gasteiger charge is -2.38. The van der Waals surface area contributed by atoms with Crippen molar-refractivity contribution in [2.45, 2.75) is 45.5 Å². The van der Waals surface area contributed by atoms with Crippen LogP contribution < -0.4 is 5.46 Å². The molecule has 0 fully saturated rings. The standard InChI is InChI=1S/C12H20BNO4/c1-11(2,16)12(3,4)18-13(17)9-5-6-14-10(7-9)8-15/h5-7,15-17H,8H2,1-4H3. The summed E-state index contributed by atoms with van der Waals surface area (Å²) in [6.07, 6.45) is 1.49. The van der Waals surface area contributed by atoms with Gasteiger partial charge in [-0.15, -0.1) is 0 Å². The number of hydrogen-bond acceptors (Lipinski definition) is 5. The minimum absolute atomic E-state index is 0.199. The summed E-state index contributed by atoms with van der Waals surface area (Å²) >= 11 is 0. The highest BCUT2D eigenvalue weighted by Crippen LogP contribution is 2.25. The van der Waals surface area contributed by atoms with Crippen molar-refractivity contribution in [2.24, 2.45) is 0 Å². The Kier molecular flexibility index (Phi) is 4.50. The number of rotatable bonds is 5. The third-order valence-corrected chi connectivity index (χ3v) is 3.17. The molecule has 3 N–H and O–H groups in total. The topological polar surface area (TPSA) is 82.8 Å². The molecule has 0 bridgehead atoms. The Bertz CT molecular complexity index is 403. The normalized spacial score (nSPS) is 12.6. The van der Waals surface area contributed by atoms with E-state index in [0.717, 1.165) is 0 Å². The highest BCUT2D eigenvalue weighted by Gasteiger charge is 2.39. The molecule has 5 nitrogen and oxygen atoms in total. The molecule has 0 unspecified atom stereocenters. The number of aliphatic hydroxyl groups excluding tert-OH is 1. The Morgan fingerprint density at radius 2 is 1.94 bits per heavy atom. The lowest BCUT2D eigenvalue weighted by molar-refractivity contribution is -0.0982. The van der Waals surface area contributed by atoms with E-state index in [-0.39, 0.29) is 6.61 Å². The van der Waals surface area contributed by atoms with E-state index in [9.17, 15) is 10.1 Å². The molecule has 0 aliphatic rings. The summed E-state index contributed by atoms with van der Waals surface area (Å²) in [5, 5.41) is 28.9. The zero-order chi connectivity index (χ0) is 14.0. The monoisotopic (exact) mass is 253 g/mol. The maximum absolute atomic E-state index is 10.00. The summed E-state index contributed by atoms with van der Waals surface area (Å²) in [6, 6.07) is 3.16. The third kappa shape index (κ3) is 3.52. The molecule has 0 saturated heterocycles. The van der Waals surface area contributed by atoms with Gasteiger partial charge in [-0.3, -0.25) is 4.98 Å². The lowest BCUT2D eigenvalue weighted by Crippen LogP contribution is -2.53. The van der Waals surface area contributed by atoms with Gasteiger partial charge >= 0.3 is 7.12 Å². The SMILES string of the molecule is CC(C)(O)C(C)(C)OB(O)c1ccnc(CO)c1. The Labute approximate surface area is 108 Å². The van der Waals surface area contributed by atoms with Crippen LogP contribution in [-0.2, 0) is 11.3 Å². The van der Waals surface area contributed by atoms with Gasteiger partial charge in [-0.05, 0) is 45.3 Å². The van der Waals surface area contributed by atoms with Crippen molar-refractivity contribution < 1.29 is 19.9 Å². The van der Waals surface area contributed by atoms with Crippen LogP contribution in [0.25, 0.3) is 0 Å². The minimum Gasteiger partial charge on any atom is -0.423 e. The van der Waals surface area contributed by atoms with Crippen molar-refractivity contribution in [3.63, 3.8) is 0 Å². The van der Waals surface area contributed by atoms with Gasteiger partial charge in [-0.1, -0.05) is 0 Å². The first-order valence-electron chi connectivity index (χ1n) is 5.81. The highest BCUT2D eigenvalue weighted by atomic mass is 16.5. The van der Waals surface area contributed by atoms with Gasteiger partial charge in [0, 0.05) is 6.20 Å². The van der Waals surface area contributed by atoms with Gasteiger partial charge in [0.1, 0.15) is 0 Å². The zero-order valence-electron chi connectivity index (χ0n) is 11.2. The molecule has 6 heteroatoms. The van der Waals surface area contributed by atoms with Gasteiger partial charge in [-0.2, -0.15) is 0 Å². The smallest absolute Gasteiger partial charge is 0.423 e. The lowest BCUT2D eigenvalue weighted by atomic mass is 9.77. The van der Waals surface area contributed by atoms with Crippen molar-refractivity contribution >= 4 is 12.6 Å². The van der Waals surface area contributed by atoms with Crippen molar-refractivity contribution in [1.29, 1.82) is 0 Å². The molecule has 1 heterocycles. The number of aromatic nitrogens is 1. The Balaban J connectivity index is 2.85. The van der Waals surface area contributed by atoms with E-state index in [0.29, 0.717) is 11.2 Å². The van der Waals surface area contributed by atoms with Crippen LogP contribution in [0, 0.1) is 0 Å². The van der Waals surface area contributed by atoms with Crippen molar-refractivity contribution in [3.8, 4) is 0 Å². The highest BCUT2D eigenvalue weighted by molar-refractivity contribution is 6.60. The van der Waals surface area contributed by atoms with E-state index in [1.807, 2.05) is 0 Å². The van der Waals surface area contributed by atoms with Crippen LogP contribution >= 0.6 is 0 Å². The van der Waals surface area contributed by atoms with Gasteiger partial charge < -0.3 is 19.9 Å². The molecule has 0 amide bonds. The number of hydrogen-bond donors (Lipinski definition) is 3. The maximum Gasteiger partial charge on any atom is 0.491 e. The predicted molar refractivity (Wildman–Crippen MR) is 69.2 cm³/mol. The predicted octanol–water partition coefficient (Wildman–Crippen LogP) is -0.173. The molecule has 100 valence electrons. The molecule has 0 aliphatic heterocycles. The third-order valence-electron chi connectivity index (χ3n) is 3.17. The second-order valence-corrected chi connectivity index (χ2v) is 5.28. The fourth-order valence-corrected chi connectivity index (χ4v) is 1.23. The average Bonchev–Trinajstić information content (AvgIpc) is 2.27. The summed E-state index contributed by atoms with van der Waals surface area (Å²) in [4.78, 5) is 3.92. The average molecular weight is 253 g/mol. The molecule has 18 heavy (non-hydrogen) atoms. The molecule has 0 radical (unpaired) electrons. The summed E-state index contributed by atoms with van der Waals surface area (Å²) in [6.45, 7) is 6.43. The molecule has 1 aromatic heterocycles.